The summed E-state index contributed by atoms with van der Waals surface area (Å²) in [5.41, 5.74) is -3.96. The summed E-state index contributed by atoms with van der Waals surface area (Å²) < 4.78 is 84.2. The summed E-state index contributed by atoms with van der Waals surface area (Å²) in [6, 6.07) is -0.387. The summed E-state index contributed by atoms with van der Waals surface area (Å²) in [6.07, 6.45) is -4.86. The number of amides is 1. The molecule has 1 aromatic carbocycles. The number of ether oxygens (including phenoxy) is 1. The zero-order valence-electron chi connectivity index (χ0n) is 17.1. The fourth-order valence-electron chi connectivity index (χ4n) is 3.53. The van der Waals surface area contributed by atoms with Crippen LogP contribution in [-0.4, -0.2) is 36.0 Å². The first-order chi connectivity index (χ1) is 14.5. The molecule has 0 N–H and O–H groups in total. The number of carbonyl (C=O) groups is 2. The van der Waals surface area contributed by atoms with E-state index in [-0.39, 0.29) is 37.8 Å². The standard InChI is InChI=1S/C21H25F6NO3/c1-2-3-4-5-6-12-31-19(30)17-8-7-11-28(17)18(29)15-13-14(20(22,23)24)9-10-16(15)21(25,26)27/h9-10,13,17H,2-8,11-12H2,1H3. The Balaban J connectivity index is 2.18. The summed E-state index contributed by atoms with van der Waals surface area (Å²) in [4.78, 5) is 26.1. The molecular formula is C21H25F6NO3. The van der Waals surface area contributed by atoms with Gasteiger partial charge in [-0.2, -0.15) is 26.3 Å². The van der Waals surface area contributed by atoms with Gasteiger partial charge < -0.3 is 9.64 Å². The van der Waals surface area contributed by atoms with Crippen molar-refractivity contribution in [2.45, 2.75) is 70.3 Å². The third kappa shape index (κ3) is 6.61. The third-order valence-electron chi connectivity index (χ3n) is 5.16. The van der Waals surface area contributed by atoms with Gasteiger partial charge in [0.1, 0.15) is 6.04 Å². The molecule has 1 unspecified atom stereocenters. The van der Waals surface area contributed by atoms with Crippen molar-refractivity contribution in [1.82, 2.24) is 4.90 Å². The molecule has 0 saturated carbocycles. The number of halogens is 6. The van der Waals surface area contributed by atoms with Gasteiger partial charge in [-0.3, -0.25) is 4.79 Å². The Morgan fingerprint density at radius 3 is 2.32 bits per heavy atom. The van der Waals surface area contributed by atoms with Crippen molar-refractivity contribution in [3.05, 3.63) is 34.9 Å². The molecule has 1 amide bonds. The van der Waals surface area contributed by atoms with Crippen LogP contribution in [0.25, 0.3) is 0 Å². The lowest BCUT2D eigenvalue weighted by atomic mass is 10.0. The van der Waals surface area contributed by atoms with Crippen LogP contribution in [0.5, 0.6) is 0 Å². The van der Waals surface area contributed by atoms with Gasteiger partial charge in [0.2, 0.25) is 0 Å². The molecule has 1 atom stereocenters. The van der Waals surface area contributed by atoms with Gasteiger partial charge >= 0.3 is 18.3 Å². The average Bonchev–Trinajstić information content (AvgIpc) is 3.18. The lowest BCUT2D eigenvalue weighted by molar-refractivity contribution is -0.148. The predicted octanol–water partition coefficient (Wildman–Crippen LogP) is 5.84. The van der Waals surface area contributed by atoms with Gasteiger partial charge in [0.25, 0.3) is 5.91 Å². The molecule has 1 aliphatic rings. The van der Waals surface area contributed by atoms with Crippen LogP contribution in [0.15, 0.2) is 18.2 Å². The number of alkyl halides is 6. The molecule has 1 aromatic rings. The normalized spacial score (nSPS) is 17.1. The Morgan fingerprint density at radius 1 is 1.03 bits per heavy atom. The van der Waals surface area contributed by atoms with Gasteiger partial charge in [0.05, 0.1) is 23.3 Å². The first-order valence-electron chi connectivity index (χ1n) is 10.2. The molecule has 174 valence electrons. The molecular weight excluding hydrogens is 428 g/mol. The molecule has 0 aromatic heterocycles. The second-order valence-electron chi connectivity index (χ2n) is 7.49. The van der Waals surface area contributed by atoms with Crippen LogP contribution >= 0.6 is 0 Å². The number of rotatable bonds is 8. The second kappa shape index (κ2) is 10.4. The average molecular weight is 453 g/mol. The maximum absolute atomic E-state index is 13.3. The molecule has 4 nitrogen and oxygen atoms in total. The number of likely N-dealkylation sites (tertiary alicyclic amines) is 1. The van der Waals surface area contributed by atoms with E-state index in [1.54, 1.807) is 0 Å². The van der Waals surface area contributed by atoms with Crippen LogP contribution in [-0.2, 0) is 21.9 Å². The molecule has 0 radical (unpaired) electrons. The highest BCUT2D eigenvalue weighted by Crippen LogP contribution is 2.37. The van der Waals surface area contributed by atoms with Crippen LogP contribution in [0, 0.1) is 0 Å². The van der Waals surface area contributed by atoms with E-state index in [9.17, 15) is 35.9 Å². The van der Waals surface area contributed by atoms with E-state index in [2.05, 4.69) is 6.92 Å². The lowest BCUT2D eigenvalue weighted by Crippen LogP contribution is -2.42. The van der Waals surface area contributed by atoms with Gasteiger partial charge in [-0.1, -0.05) is 32.6 Å². The minimum Gasteiger partial charge on any atom is -0.464 e. The molecule has 31 heavy (non-hydrogen) atoms. The summed E-state index contributed by atoms with van der Waals surface area (Å²) in [5, 5.41) is 0. The molecule has 0 bridgehead atoms. The largest absolute Gasteiger partial charge is 0.464 e. The SMILES string of the molecule is CCCCCCCOC(=O)C1CCCN1C(=O)c1cc(C(F)(F)F)ccc1C(F)(F)F. The minimum absolute atomic E-state index is 0.0390. The van der Waals surface area contributed by atoms with Crippen molar-refractivity contribution < 1.29 is 40.7 Å². The van der Waals surface area contributed by atoms with Gasteiger partial charge in [0.15, 0.2) is 0 Å². The van der Waals surface area contributed by atoms with Crippen molar-refractivity contribution in [1.29, 1.82) is 0 Å². The monoisotopic (exact) mass is 453 g/mol. The van der Waals surface area contributed by atoms with Crippen LogP contribution in [0.2, 0.25) is 0 Å². The molecule has 1 fully saturated rings. The van der Waals surface area contributed by atoms with Crippen molar-refractivity contribution in [3.8, 4) is 0 Å². The van der Waals surface area contributed by atoms with Crippen molar-refractivity contribution in [2.24, 2.45) is 0 Å². The number of carbonyl (C=O) groups excluding carboxylic acids is 2. The Hall–Kier alpha value is -2.26. The van der Waals surface area contributed by atoms with E-state index in [1.165, 1.54) is 0 Å². The highest BCUT2D eigenvalue weighted by atomic mass is 19.4. The van der Waals surface area contributed by atoms with Gasteiger partial charge in [-0.15, -0.1) is 0 Å². The molecule has 10 heteroatoms. The summed E-state index contributed by atoms with van der Waals surface area (Å²) >= 11 is 0. The minimum atomic E-state index is -5.02. The number of unbranched alkanes of at least 4 members (excludes halogenated alkanes) is 4. The third-order valence-corrected chi connectivity index (χ3v) is 5.16. The van der Waals surface area contributed by atoms with E-state index < -0.39 is 47.0 Å². The number of hydrogen-bond donors (Lipinski definition) is 0. The highest BCUT2D eigenvalue weighted by Gasteiger charge is 2.42. The molecule has 0 aliphatic carbocycles. The van der Waals surface area contributed by atoms with Crippen LogP contribution < -0.4 is 0 Å². The number of nitrogens with zero attached hydrogens (tertiary/aromatic N) is 1. The highest BCUT2D eigenvalue weighted by molar-refractivity contribution is 5.98. The number of hydrogen-bond acceptors (Lipinski definition) is 3. The molecule has 0 spiro atoms. The number of benzene rings is 1. The quantitative estimate of drug-likeness (QED) is 0.282. The number of esters is 1. The summed E-state index contributed by atoms with van der Waals surface area (Å²) in [7, 11) is 0. The summed E-state index contributed by atoms with van der Waals surface area (Å²) in [5.74, 6) is -2.01. The summed E-state index contributed by atoms with van der Waals surface area (Å²) in [6.45, 7) is 2.14. The zero-order valence-corrected chi connectivity index (χ0v) is 17.1. The predicted molar refractivity (Wildman–Crippen MR) is 100 cm³/mol. The second-order valence-corrected chi connectivity index (χ2v) is 7.49. The van der Waals surface area contributed by atoms with E-state index in [1.807, 2.05) is 0 Å². The molecule has 1 aliphatic heterocycles. The van der Waals surface area contributed by atoms with Crippen LogP contribution in [0.3, 0.4) is 0 Å². The van der Waals surface area contributed by atoms with Crippen LogP contribution in [0.4, 0.5) is 26.3 Å². The van der Waals surface area contributed by atoms with E-state index in [0.717, 1.165) is 30.6 Å². The topological polar surface area (TPSA) is 46.6 Å². The molecule has 1 saturated heterocycles. The fourth-order valence-corrected chi connectivity index (χ4v) is 3.53. The Bertz CT molecular complexity index is 775. The van der Waals surface area contributed by atoms with E-state index in [0.29, 0.717) is 12.8 Å². The van der Waals surface area contributed by atoms with Crippen LogP contribution in [0.1, 0.15) is 73.4 Å². The zero-order chi connectivity index (χ0) is 23.2. The first kappa shape index (κ1) is 25.0. The van der Waals surface area contributed by atoms with Crippen molar-refractivity contribution in [3.63, 3.8) is 0 Å². The Morgan fingerprint density at radius 2 is 1.71 bits per heavy atom. The fraction of sp³-hybridized carbons (Fsp3) is 0.619. The lowest BCUT2D eigenvalue weighted by Gasteiger charge is -2.25. The Kier molecular flexibility index (Phi) is 8.36. The van der Waals surface area contributed by atoms with Crippen molar-refractivity contribution >= 4 is 11.9 Å². The van der Waals surface area contributed by atoms with Gasteiger partial charge in [0, 0.05) is 6.54 Å². The van der Waals surface area contributed by atoms with Crippen molar-refractivity contribution in [2.75, 3.05) is 13.2 Å². The Labute approximate surface area is 176 Å². The van der Waals surface area contributed by atoms with E-state index >= 15 is 0 Å². The smallest absolute Gasteiger partial charge is 0.417 e. The first-order valence-corrected chi connectivity index (χ1v) is 10.2. The maximum Gasteiger partial charge on any atom is 0.417 e. The van der Waals surface area contributed by atoms with Gasteiger partial charge in [-0.05, 0) is 37.5 Å². The van der Waals surface area contributed by atoms with Gasteiger partial charge in [-0.25, -0.2) is 4.79 Å². The van der Waals surface area contributed by atoms with E-state index in [4.69, 9.17) is 4.74 Å². The maximum atomic E-state index is 13.3. The molecule has 2 rings (SSSR count). The molecule has 1 heterocycles.